The Bertz CT molecular complexity index is 566. The first kappa shape index (κ1) is 11.5. The predicted molar refractivity (Wildman–Crippen MR) is 64.8 cm³/mol. The molecule has 0 spiro atoms. The summed E-state index contributed by atoms with van der Waals surface area (Å²) in [5.41, 5.74) is 2.71. The number of hydrogen-bond acceptors (Lipinski definition) is 3. The Morgan fingerprint density at radius 2 is 2.12 bits per heavy atom. The molecule has 0 aliphatic heterocycles. The smallest absolute Gasteiger partial charge is 0.306 e. The van der Waals surface area contributed by atoms with Gasteiger partial charge < -0.3 is 5.11 Å². The van der Waals surface area contributed by atoms with Gasteiger partial charge in [0.25, 0.3) is 0 Å². The summed E-state index contributed by atoms with van der Waals surface area (Å²) in [5, 5.41) is 18.0. The second-order valence-corrected chi connectivity index (χ2v) is 4.34. The highest BCUT2D eigenvalue weighted by Gasteiger charge is 2.13. The van der Waals surface area contributed by atoms with E-state index in [1.165, 1.54) is 0 Å². The number of carboxylic acid groups (broad SMARTS) is 1. The van der Waals surface area contributed by atoms with Crippen molar-refractivity contribution in [1.29, 1.82) is 0 Å². The average Bonchev–Trinajstić information content (AvgIpc) is 2.28. The number of aromatic nitrogens is 2. The molecule has 0 saturated carbocycles. The van der Waals surface area contributed by atoms with E-state index < -0.39 is 11.9 Å². The van der Waals surface area contributed by atoms with E-state index in [1.807, 2.05) is 31.2 Å². The number of carbonyl (C=O) groups is 1. The molecule has 1 aromatic heterocycles. The minimum absolute atomic E-state index is 0.409. The molecule has 4 nitrogen and oxygen atoms in total. The number of benzene rings is 1. The highest BCUT2D eigenvalue weighted by molar-refractivity contribution is 5.79. The largest absolute Gasteiger partial charge is 0.481 e. The van der Waals surface area contributed by atoms with Crippen molar-refractivity contribution in [3.63, 3.8) is 0 Å². The van der Waals surface area contributed by atoms with E-state index in [2.05, 4.69) is 10.2 Å². The summed E-state index contributed by atoms with van der Waals surface area (Å²) in [4.78, 5) is 10.8. The van der Waals surface area contributed by atoms with Crippen molar-refractivity contribution in [2.45, 2.75) is 20.3 Å². The highest BCUT2D eigenvalue weighted by Crippen LogP contribution is 2.15. The van der Waals surface area contributed by atoms with Gasteiger partial charge in [0.2, 0.25) is 0 Å². The third-order valence-corrected chi connectivity index (χ3v) is 2.73. The number of carboxylic acids is 1. The van der Waals surface area contributed by atoms with Crippen LogP contribution in [0.2, 0.25) is 0 Å². The van der Waals surface area contributed by atoms with Gasteiger partial charge in [0.15, 0.2) is 0 Å². The van der Waals surface area contributed by atoms with Crippen molar-refractivity contribution in [2.24, 2.45) is 5.92 Å². The van der Waals surface area contributed by atoms with Gasteiger partial charge in [0.1, 0.15) is 0 Å². The predicted octanol–water partition coefficient (Wildman–Crippen LogP) is 2.20. The fourth-order valence-corrected chi connectivity index (χ4v) is 1.71. The molecule has 1 unspecified atom stereocenters. The van der Waals surface area contributed by atoms with Crippen LogP contribution in [-0.2, 0) is 11.2 Å². The maximum absolute atomic E-state index is 10.8. The lowest BCUT2D eigenvalue weighted by atomic mass is 10.0. The molecule has 0 amide bonds. The van der Waals surface area contributed by atoms with Crippen LogP contribution >= 0.6 is 0 Å². The summed E-state index contributed by atoms with van der Waals surface area (Å²) < 4.78 is 0. The fourth-order valence-electron chi connectivity index (χ4n) is 1.71. The van der Waals surface area contributed by atoms with Gasteiger partial charge in [-0.05, 0) is 25.1 Å². The molecule has 0 aliphatic rings. The quantitative estimate of drug-likeness (QED) is 0.878. The van der Waals surface area contributed by atoms with Crippen LogP contribution in [0, 0.1) is 12.8 Å². The summed E-state index contributed by atoms with van der Waals surface area (Å²) in [6.45, 7) is 3.68. The van der Waals surface area contributed by atoms with E-state index in [-0.39, 0.29) is 0 Å². The summed E-state index contributed by atoms with van der Waals surface area (Å²) in [7, 11) is 0. The van der Waals surface area contributed by atoms with Crippen LogP contribution in [0.1, 0.15) is 18.2 Å². The van der Waals surface area contributed by atoms with Gasteiger partial charge in [-0.2, -0.15) is 10.2 Å². The molecule has 0 fully saturated rings. The molecule has 0 radical (unpaired) electrons. The zero-order valence-electron chi connectivity index (χ0n) is 9.84. The van der Waals surface area contributed by atoms with Crippen LogP contribution < -0.4 is 0 Å². The van der Waals surface area contributed by atoms with Crippen LogP contribution in [0.25, 0.3) is 10.9 Å². The summed E-state index contributed by atoms with van der Waals surface area (Å²) >= 11 is 0. The minimum atomic E-state index is -0.809. The zero-order chi connectivity index (χ0) is 12.4. The molecule has 1 atom stereocenters. The molecular weight excluding hydrogens is 216 g/mol. The normalized spacial score (nSPS) is 12.6. The topological polar surface area (TPSA) is 63.1 Å². The van der Waals surface area contributed by atoms with Crippen LogP contribution in [0.15, 0.2) is 24.3 Å². The number of nitrogens with zero attached hydrogens (tertiary/aromatic N) is 2. The highest BCUT2D eigenvalue weighted by atomic mass is 16.4. The van der Waals surface area contributed by atoms with Gasteiger partial charge in [-0.15, -0.1) is 0 Å². The van der Waals surface area contributed by atoms with Crippen molar-refractivity contribution in [3.05, 3.63) is 35.5 Å². The Labute approximate surface area is 99.3 Å². The number of aliphatic carboxylic acids is 1. The van der Waals surface area contributed by atoms with Crippen molar-refractivity contribution in [1.82, 2.24) is 10.2 Å². The molecule has 2 aromatic rings. The number of aryl methyl sites for hydroxylation is 1. The minimum Gasteiger partial charge on any atom is -0.481 e. The lowest BCUT2D eigenvalue weighted by molar-refractivity contribution is -0.141. The van der Waals surface area contributed by atoms with Crippen LogP contribution in [0.3, 0.4) is 0 Å². The van der Waals surface area contributed by atoms with Gasteiger partial charge in [-0.25, -0.2) is 0 Å². The van der Waals surface area contributed by atoms with Gasteiger partial charge in [0.05, 0.1) is 17.1 Å². The lowest BCUT2D eigenvalue weighted by Gasteiger charge is -2.05. The lowest BCUT2D eigenvalue weighted by Crippen LogP contribution is -2.13. The summed E-state index contributed by atoms with van der Waals surface area (Å²) in [6, 6.07) is 7.84. The molecule has 88 valence electrons. The number of hydrogen-bond donors (Lipinski definition) is 1. The van der Waals surface area contributed by atoms with Gasteiger partial charge in [-0.1, -0.05) is 18.6 Å². The van der Waals surface area contributed by atoms with Gasteiger partial charge in [-0.3, -0.25) is 4.79 Å². The standard InChI is InChI=1S/C13H14N2O2/c1-8-3-4-12-10(5-8)7-11(14-15-12)6-9(2)13(16)17/h3-5,7,9H,6H2,1-2H3,(H,16,17). The Morgan fingerprint density at radius 3 is 2.82 bits per heavy atom. The molecule has 0 aliphatic carbocycles. The van der Waals surface area contributed by atoms with E-state index in [0.717, 1.165) is 22.2 Å². The third-order valence-electron chi connectivity index (χ3n) is 2.73. The first-order chi connectivity index (χ1) is 8.06. The molecule has 1 heterocycles. The Hall–Kier alpha value is -1.97. The van der Waals surface area contributed by atoms with Gasteiger partial charge >= 0.3 is 5.97 Å². The molecule has 1 N–H and O–H groups in total. The Kier molecular flexibility index (Phi) is 3.04. The van der Waals surface area contributed by atoms with E-state index in [0.29, 0.717) is 6.42 Å². The zero-order valence-corrected chi connectivity index (χ0v) is 9.84. The fraction of sp³-hybridized carbons (Fsp3) is 0.308. The monoisotopic (exact) mass is 230 g/mol. The molecule has 0 bridgehead atoms. The molecule has 0 saturated heterocycles. The second-order valence-electron chi connectivity index (χ2n) is 4.34. The van der Waals surface area contributed by atoms with Crippen molar-refractivity contribution in [2.75, 3.05) is 0 Å². The molecule has 2 rings (SSSR count). The van der Waals surface area contributed by atoms with Crippen molar-refractivity contribution in [3.8, 4) is 0 Å². The third kappa shape index (κ3) is 2.58. The number of rotatable bonds is 3. The molecule has 4 heteroatoms. The van der Waals surface area contributed by atoms with Crippen LogP contribution in [0.4, 0.5) is 0 Å². The Balaban J connectivity index is 2.33. The van der Waals surface area contributed by atoms with Crippen LogP contribution in [0.5, 0.6) is 0 Å². The van der Waals surface area contributed by atoms with E-state index in [4.69, 9.17) is 5.11 Å². The van der Waals surface area contributed by atoms with Gasteiger partial charge in [0, 0.05) is 11.8 Å². The van der Waals surface area contributed by atoms with E-state index in [1.54, 1.807) is 6.92 Å². The summed E-state index contributed by atoms with van der Waals surface area (Å²) in [6.07, 6.45) is 0.409. The molecular formula is C13H14N2O2. The second kappa shape index (κ2) is 4.49. The van der Waals surface area contributed by atoms with Crippen LogP contribution in [-0.4, -0.2) is 21.3 Å². The number of fused-ring (bicyclic) bond motifs is 1. The summed E-state index contributed by atoms with van der Waals surface area (Å²) in [5.74, 6) is -1.25. The first-order valence-corrected chi connectivity index (χ1v) is 5.52. The van der Waals surface area contributed by atoms with Crippen molar-refractivity contribution >= 4 is 16.9 Å². The van der Waals surface area contributed by atoms with E-state index >= 15 is 0 Å². The SMILES string of the molecule is Cc1ccc2nnc(CC(C)C(=O)O)cc2c1. The molecule has 1 aromatic carbocycles. The van der Waals surface area contributed by atoms with Crippen molar-refractivity contribution < 1.29 is 9.90 Å². The molecule has 17 heavy (non-hydrogen) atoms. The maximum atomic E-state index is 10.8. The van der Waals surface area contributed by atoms with E-state index in [9.17, 15) is 4.79 Å². The first-order valence-electron chi connectivity index (χ1n) is 5.52. The average molecular weight is 230 g/mol. The Morgan fingerprint density at radius 1 is 1.35 bits per heavy atom. The maximum Gasteiger partial charge on any atom is 0.306 e.